The summed E-state index contributed by atoms with van der Waals surface area (Å²) in [7, 11) is 3.28. The van der Waals surface area contributed by atoms with Gasteiger partial charge >= 0.3 is 12.4 Å². The minimum Gasteiger partial charge on any atom is -0.388 e. The predicted octanol–water partition coefficient (Wildman–Crippen LogP) is 2.63. The van der Waals surface area contributed by atoms with Crippen molar-refractivity contribution >= 4 is 16.9 Å². The first-order valence-corrected chi connectivity index (χ1v) is 9.95. The molecule has 174 valence electrons. The minimum atomic E-state index is -5.08. The van der Waals surface area contributed by atoms with Gasteiger partial charge in [-0.25, -0.2) is 0 Å². The normalized spacial score (nSPS) is 30.0. The average Bonchev–Trinajstić information content (AvgIpc) is 3.09. The fraction of sp³-hybridized carbons (Fsp3) is 0.611. The molecule has 31 heavy (non-hydrogen) atoms. The van der Waals surface area contributed by atoms with Gasteiger partial charge in [0, 0.05) is 14.1 Å². The molecule has 1 saturated heterocycles. The summed E-state index contributed by atoms with van der Waals surface area (Å²) in [5, 5.41) is 21.0. The Morgan fingerprint density at radius 2 is 1.77 bits per heavy atom. The first kappa shape index (κ1) is 24.1. The second-order valence-electron chi connectivity index (χ2n) is 7.29. The van der Waals surface area contributed by atoms with E-state index in [0.717, 1.165) is 30.0 Å². The number of thioether (sulfide) groups is 1. The summed E-state index contributed by atoms with van der Waals surface area (Å²) < 4.78 is 90.8. The number of nitrogens with zero attached hydrogens (tertiary/aromatic N) is 2. The van der Waals surface area contributed by atoms with Crippen molar-refractivity contribution in [1.29, 1.82) is 0 Å². The molecule has 0 aliphatic carbocycles. The van der Waals surface area contributed by atoms with Crippen LogP contribution in [0.15, 0.2) is 29.3 Å². The molecular weight excluding hydrogens is 454 g/mol. The van der Waals surface area contributed by atoms with Crippen LogP contribution in [-0.4, -0.2) is 76.4 Å². The van der Waals surface area contributed by atoms with Gasteiger partial charge in [0.05, 0.1) is 12.2 Å². The zero-order chi connectivity index (χ0) is 23.1. The van der Waals surface area contributed by atoms with Crippen LogP contribution >= 0.6 is 11.8 Å². The van der Waals surface area contributed by atoms with Crippen molar-refractivity contribution in [2.45, 2.75) is 54.9 Å². The second-order valence-corrected chi connectivity index (χ2v) is 8.36. The third kappa shape index (κ3) is 5.11. The number of hydrogen-bond acceptors (Lipinski definition) is 7. The number of fused-ring (bicyclic) bond motifs is 1. The van der Waals surface area contributed by atoms with Gasteiger partial charge in [0.25, 0.3) is 0 Å². The Kier molecular flexibility index (Phi) is 6.82. The summed E-state index contributed by atoms with van der Waals surface area (Å²) >= 11 is 0.971. The maximum Gasteiger partial charge on any atom is 0.417 e. The van der Waals surface area contributed by atoms with Gasteiger partial charge in [-0.05, 0) is 11.6 Å². The summed E-state index contributed by atoms with van der Waals surface area (Å²) in [4.78, 5) is 5.73. The molecule has 2 heterocycles. The number of aliphatic hydroxyl groups is 2. The summed E-state index contributed by atoms with van der Waals surface area (Å²) in [5.74, 6) is 0. The first-order chi connectivity index (χ1) is 14.3. The van der Waals surface area contributed by atoms with Gasteiger partial charge in [-0.1, -0.05) is 30.0 Å². The lowest BCUT2D eigenvalue weighted by Gasteiger charge is -2.41. The van der Waals surface area contributed by atoms with E-state index in [0.29, 0.717) is 5.17 Å². The summed E-state index contributed by atoms with van der Waals surface area (Å²) in [6.07, 6.45) is -18.4. The topological polar surface area (TPSA) is 74.5 Å². The lowest BCUT2D eigenvalue weighted by atomic mass is 9.94. The highest BCUT2D eigenvalue weighted by Gasteiger charge is 2.57. The van der Waals surface area contributed by atoms with E-state index in [4.69, 9.17) is 9.47 Å². The highest BCUT2D eigenvalue weighted by molar-refractivity contribution is 8.14. The van der Waals surface area contributed by atoms with Crippen LogP contribution in [0.3, 0.4) is 0 Å². The standard InChI is InChI=1S/C18H20F6N2O4S/c1-26(2)16-25-10-11(27)12(28)13(30-15(10)31-16)14(18(22,23)24)29-7-8-5-3-4-6-9(8)17(19,20)21/h3-6,10-15,27-28H,7H2,1-2H3/t10-,11-,12+,13+,14-,15-/m1/s1. The van der Waals surface area contributed by atoms with E-state index in [9.17, 15) is 36.6 Å². The van der Waals surface area contributed by atoms with E-state index >= 15 is 0 Å². The number of aliphatic hydroxyl groups excluding tert-OH is 2. The summed E-state index contributed by atoms with van der Waals surface area (Å²) in [5.41, 5.74) is -2.64. The van der Waals surface area contributed by atoms with Crippen LogP contribution in [0.25, 0.3) is 0 Å². The highest BCUT2D eigenvalue weighted by atomic mass is 32.2. The highest BCUT2D eigenvalue weighted by Crippen LogP contribution is 2.41. The molecule has 0 spiro atoms. The van der Waals surface area contributed by atoms with Crippen LogP contribution in [0, 0.1) is 0 Å². The Bertz CT molecular complexity index is 819. The third-order valence-corrected chi connectivity index (χ3v) is 6.14. The van der Waals surface area contributed by atoms with Gasteiger partial charge in [-0.15, -0.1) is 0 Å². The summed E-state index contributed by atoms with van der Waals surface area (Å²) in [6, 6.07) is 3.10. The molecule has 0 radical (unpaired) electrons. The number of halogens is 6. The number of hydrogen-bond donors (Lipinski definition) is 2. The van der Waals surface area contributed by atoms with Crippen molar-refractivity contribution in [2.24, 2.45) is 4.99 Å². The molecular formula is C18H20F6N2O4S. The molecule has 13 heteroatoms. The quantitative estimate of drug-likeness (QED) is 0.654. The van der Waals surface area contributed by atoms with Crippen LogP contribution < -0.4 is 0 Å². The van der Waals surface area contributed by atoms with Crippen LogP contribution in [0.1, 0.15) is 11.1 Å². The van der Waals surface area contributed by atoms with Crippen molar-refractivity contribution < 1.29 is 46.0 Å². The van der Waals surface area contributed by atoms with Crippen molar-refractivity contribution in [3.8, 4) is 0 Å². The van der Waals surface area contributed by atoms with Crippen LogP contribution in [-0.2, 0) is 22.3 Å². The Morgan fingerprint density at radius 1 is 1.13 bits per heavy atom. The number of amidine groups is 1. The van der Waals surface area contributed by atoms with E-state index in [1.807, 2.05) is 0 Å². The van der Waals surface area contributed by atoms with Gasteiger partial charge in [-0.3, -0.25) is 4.99 Å². The molecule has 2 N–H and O–H groups in total. The molecule has 1 aromatic rings. The average molecular weight is 474 g/mol. The molecule has 0 saturated carbocycles. The Balaban J connectivity index is 1.82. The molecule has 1 aromatic carbocycles. The van der Waals surface area contributed by atoms with Crippen molar-refractivity contribution in [3.63, 3.8) is 0 Å². The van der Waals surface area contributed by atoms with Gasteiger partial charge in [0.2, 0.25) is 0 Å². The van der Waals surface area contributed by atoms with E-state index in [2.05, 4.69) is 4.99 Å². The number of alkyl halides is 6. The Labute approximate surface area is 177 Å². The van der Waals surface area contributed by atoms with Crippen molar-refractivity contribution in [1.82, 2.24) is 4.90 Å². The second kappa shape index (κ2) is 8.77. The van der Waals surface area contributed by atoms with Gasteiger partial charge in [0.15, 0.2) is 11.3 Å². The third-order valence-electron chi connectivity index (χ3n) is 4.83. The lowest BCUT2D eigenvalue weighted by molar-refractivity contribution is -0.287. The smallest absolute Gasteiger partial charge is 0.388 e. The maximum absolute atomic E-state index is 13.7. The predicted molar refractivity (Wildman–Crippen MR) is 99.3 cm³/mol. The zero-order valence-electron chi connectivity index (χ0n) is 16.3. The van der Waals surface area contributed by atoms with Crippen LogP contribution in [0.4, 0.5) is 26.3 Å². The molecule has 2 aliphatic rings. The van der Waals surface area contributed by atoms with Gasteiger partial charge in [0.1, 0.15) is 29.8 Å². The number of ether oxygens (including phenoxy) is 2. The van der Waals surface area contributed by atoms with Crippen LogP contribution in [0.5, 0.6) is 0 Å². The maximum atomic E-state index is 13.7. The van der Waals surface area contributed by atoms with Gasteiger partial charge < -0.3 is 24.6 Å². The number of aliphatic imine (C=N–C) groups is 1. The summed E-state index contributed by atoms with van der Waals surface area (Å²) in [6.45, 7) is -1.02. The van der Waals surface area contributed by atoms with Crippen molar-refractivity contribution in [3.05, 3.63) is 35.4 Å². The number of rotatable bonds is 4. The van der Waals surface area contributed by atoms with E-state index in [1.54, 1.807) is 19.0 Å². The SMILES string of the molecule is CN(C)C1=N[C@@H]2[C@@H](O)[C@H](O)[C@@H]([C@@H](OCc3ccccc3C(F)(F)F)C(F)(F)F)O[C@@H]2S1. The zero-order valence-corrected chi connectivity index (χ0v) is 17.1. The fourth-order valence-electron chi connectivity index (χ4n) is 3.32. The minimum absolute atomic E-state index is 0.394. The molecule has 1 fully saturated rings. The fourth-order valence-corrected chi connectivity index (χ4v) is 4.47. The lowest BCUT2D eigenvalue weighted by Crippen LogP contribution is -2.61. The van der Waals surface area contributed by atoms with Crippen molar-refractivity contribution in [2.75, 3.05) is 14.1 Å². The largest absolute Gasteiger partial charge is 0.417 e. The Hall–Kier alpha value is -1.54. The molecule has 3 rings (SSSR count). The molecule has 0 unspecified atom stereocenters. The van der Waals surface area contributed by atoms with Crippen LogP contribution in [0.2, 0.25) is 0 Å². The molecule has 0 aromatic heterocycles. The Morgan fingerprint density at radius 3 is 2.35 bits per heavy atom. The monoisotopic (exact) mass is 474 g/mol. The van der Waals surface area contributed by atoms with E-state index < -0.39 is 66.0 Å². The van der Waals surface area contributed by atoms with E-state index in [-0.39, 0.29) is 0 Å². The molecule has 2 aliphatic heterocycles. The molecule has 0 amide bonds. The molecule has 6 nitrogen and oxygen atoms in total. The molecule has 6 atom stereocenters. The van der Waals surface area contributed by atoms with Gasteiger partial charge in [-0.2, -0.15) is 26.3 Å². The number of benzene rings is 1. The van der Waals surface area contributed by atoms with E-state index in [1.165, 1.54) is 6.07 Å². The molecule has 0 bridgehead atoms. The first-order valence-electron chi connectivity index (χ1n) is 9.07.